The SMILES string of the molecule is Nc1ncnc2c1ncn2[C@@H]1O[C@H](CCOP(=O)(O)O[C@@H]2[C@H](O)[C@@H](CO)O[C@H]2n2cnc3c(=O)[nH]ccc32)[C@@H](O[PH](=O)O)[C@H]1O. The van der Waals surface area contributed by atoms with Crippen molar-refractivity contribution in [3.8, 4) is 0 Å². The molecule has 0 aliphatic carbocycles. The van der Waals surface area contributed by atoms with Crippen LogP contribution in [-0.2, 0) is 32.2 Å². The fourth-order valence-electron chi connectivity index (χ4n) is 5.35. The maximum absolute atomic E-state index is 13.0. The van der Waals surface area contributed by atoms with Crippen molar-refractivity contribution in [2.24, 2.45) is 0 Å². The first kappa shape index (κ1) is 31.8. The third-order valence-corrected chi connectivity index (χ3v) is 8.88. The van der Waals surface area contributed by atoms with Gasteiger partial charge in [0.25, 0.3) is 5.56 Å². The Morgan fingerprint density at radius 3 is 2.53 bits per heavy atom. The fourth-order valence-corrected chi connectivity index (χ4v) is 6.81. The Hall–Kier alpha value is -3.17. The highest BCUT2D eigenvalue weighted by atomic mass is 31.2. The van der Waals surface area contributed by atoms with Crippen molar-refractivity contribution in [2.45, 2.75) is 55.5 Å². The summed E-state index contributed by atoms with van der Waals surface area (Å²) < 4.78 is 54.2. The molecular formula is C22H28N8O13P2. The summed E-state index contributed by atoms with van der Waals surface area (Å²) in [5.41, 5.74) is 6.03. The van der Waals surface area contributed by atoms with Crippen LogP contribution in [0.15, 0.2) is 36.0 Å². The third kappa shape index (κ3) is 6.06. The summed E-state index contributed by atoms with van der Waals surface area (Å²) in [5, 5.41) is 31.3. The van der Waals surface area contributed by atoms with E-state index < -0.39 is 83.9 Å². The van der Waals surface area contributed by atoms with Crippen LogP contribution in [0.5, 0.6) is 0 Å². The highest BCUT2D eigenvalue weighted by Crippen LogP contribution is 2.50. The van der Waals surface area contributed by atoms with Crippen LogP contribution in [0.3, 0.4) is 0 Å². The van der Waals surface area contributed by atoms with Gasteiger partial charge >= 0.3 is 16.1 Å². The van der Waals surface area contributed by atoms with Gasteiger partial charge in [-0.1, -0.05) is 0 Å². The number of aliphatic hydroxyl groups excluding tert-OH is 3. The van der Waals surface area contributed by atoms with E-state index in [9.17, 15) is 39.0 Å². The largest absolute Gasteiger partial charge is 0.472 e. The number of pyridine rings is 1. The van der Waals surface area contributed by atoms with Crippen LogP contribution < -0.4 is 11.3 Å². The molecule has 2 saturated heterocycles. The molecule has 4 aromatic heterocycles. The molecule has 23 heteroatoms. The van der Waals surface area contributed by atoms with Gasteiger partial charge in [-0.05, 0) is 6.07 Å². The van der Waals surface area contributed by atoms with Gasteiger partial charge in [0.1, 0.15) is 42.4 Å². The number of nitrogens with zero attached hydrogens (tertiary/aromatic N) is 6. The van der Waals surface area contributed by atoms with Crippen LogP contribution in [0.2, 0.25) is 0 Å². The van der Waals surface area contributed by atoms with Crippen LogP contribution in [-0.4, -0.2) is 109 Å². The van der Waals surface area contributed by atoms with Crippen molar-refractivity contribution in [3.63, 3.8) is 0 Å². The molecule has 0 spiro atoms. The summed E-state index contributed by atoms with van der Waals surface area (Å²) in [6.45, 7) is -1.21. The normalized spacial score (nSPS) is 30.7. The molecule has 2 aliphatic rings. The number of nitrogens with one attached hydrogen (secondary N) is 1. The standard InChI is InChI=1S/C22H28N8O13P2/c23-18-13-19(26-6-25-18)30(8-28-13)21-15(33)16(42-44(35)36)10(40-21)2-4-39-45(37,38)43-17-14(32)11(5-31)41-22(17)29-7-27-12-9(29)1-3-24-20(12)34/h1,3,6-8,10-11,14-17,21-22,31-33,44H,2,4-5H2,(H,24,34)(H,35,36)(H,37,38)(H2,23,25,26)/t10-,11-,14-,15-,16-,17-,21-,22-/m1/s1. The first-order valence-electron chi connectivity index (χ1n) is 13.3. The zero-order chi connectivity index (χ0) is 32.0. The van der Waals surface area contributed by atoms with E-state index in [1.165, 1.54) is 40.4 Å². The zero-order valence-corrected chi connectivity index (χ0v) is 24.7. The molecule has 0 aromatic carbocycles. The second-order valence-electron chi connectivity index (χ2n) is 10.1. The highest BCUT2D eigenvalue weighted by Gasteiger charge is 2.50. The molecule has 8 N–H and O–H groups in total. The zero-order valence-electron chi connectivity index (χ0n) is 22.8. The number of nitrogens with two attached hydrogens (primary N) is 1. The average molecular weight is 674 g/mol. The molecule has 0 amide bonds. The number of hydrogen-bond acceptors (Lipinski definition) is 16. The van der Waals surface area contributed by atoms with Crippen molar-refractivity contribution in [2.75, 3.05) is 18.9 Å². The number of rotatable bonds is 11. The summed E-state index contributed by atoms with van der Waals surface area (Å²) >= 11 is 0. The summed E-state index contributed by atoms with van der Waals surface area (Å²) in [5.74, 6) is 0.0725. The van der Waals surface area contributed by atoms with E-state index in [4.69, 9.17) is 28.8 Å². The number of anilines is 1. The van der Waals surface area contributed by atoms with Gasteiger partial charge < -0.3 is 54.4 Å². The molecule has 2 fully saturated rings. The molecule has 0 radical (unpaired) electrons. The molecule has 2 aliphatic heterocycles. The first-order chi connectivity index (χ1) is 21.5. The van der Waals surface area contributed by atoms with Gasteiger partial charge in [-0.2, -0.15) is 0 Å². The lowest BCUT2D eigenvalue weighted by molar-refractivity contribution is -0.0526. The van der Waals surface area contributed by atoms with E-state index in [2.05, 4.69) is 24.9 Å². The molecule has 244 valence electrons. The fraction of sp³-hybridized carbons (Fsp3) is 0.500. The summed E-state index contributed by atoms with van der Waals surface area (Å²) in [7, 11) is -8.55. The van der Waals surface area contributed by atoms with Crippen LogP contribution in [0, 0.1) is 0 Å². The average Bonchev–Trinajstić information content (AvgIpc) is 3.75. The van der Waals surface area contributed by atoms with Crippen molar-refractivity contribution in [1.29, 1.82) is 0 Å². The van der Waals surface area contributed by atoms with Gasteiger partial charge in [0.05, 0.1) is 37.5 Å². The Morgan fingerprint density at radius 1 is 1.04 bits per heavy atom. The van der Waals surface area contributed by atoms with Gasteiger partial charge in [-0.15, -0.1) is 0 Å². The van der Waals surface area contributed by atoms with E-state index >= 15 is 0 Å². The topological polar surface area (TPSA) is 302 Å². The first-order valence-corrected chi connectivity index (χ1v) is 16.1. The van der Waals surface area contributed by atoms with Crippen LogP contribution in [0.4, 0.5) is 5.82 Å². The molecule has 0 saturated carbocycles. The molecule has 4 aromatic rings. The third-order valence-electron chi connectivity index (χ3n) is 7.39. The number of ether oxygens (including phenoxy) is 2. The summed E-state index contributed by atoms with van der Waals surface area (Å²) in [6.07, 6.45) is -6.13. The number of aromatic amines is 1. The quantitative estimate of drug-likeness (QED) is 0.0873. The van der Waals surface area contributed by atoms with E-state index in [-0.39, 0.29) is 34.4 Å². The number of phosphoric acid groups is 1. The minimum atomic E-state index is -4.98. The lowest BCUT2D eigenvalue weighted by Crippen LogP contribution is -2.35. The lowest BCUT2D eigenvalue weighted by Gasteiger charge is -2.24. The van der Waals surface area contributed by atoms with E-state index in [1.807, 2.05) is 0 Å². The van der Waals surface area contributed by atoms with Crippen LogP contribution >= 0.6 is 16.1 Å². The van der Waals surface area contributed by atoms with Gasteiger partial charge in [0.2, 0.25) is 0 Å². The molecule has 6 rings (SSSR count). The second-order valence-corrected chi connectivity index (χ2v) is 12.3. The van der Waals surface area contributed by atoms with Gasteiger partial charge in [0.15, 0.2) is 29.4 Å². The minimum absolute atomic E-state index is 0.0316. The minimum Gasteiger partial charge on any atom is -0.394 e. The summed E-state index contributed by atoms with van der Waals surface area (Å²) in [4.78, 5) is 50.6. The number of aromatic nitrogens is 7. The molecule has 0 bridgehead atoms. The number of hydrogen-bond donors (Lipinski definition) is 7. The Morgan fingerprint density at radius 2 is 1.78 bits per heavy atom. The number of H-pyrrole nitrogens is 1. The number of imidazole rings is 2. The lowest BCUT2D eigenvalue weighted by atomic mass is 10.1. The Kier molecular flexibility index (Phi) is 8.87. The molecule has 45 heavy (non-hydrogen) atoms. The number of nitrogen functional groups attached to an aromatic ring is 1. The van der Waals surface area contributed by atoms with Crippen LogP contribution in [0.1, 0.15) is 18.9 Å². The monoisotopic (exact) mass is 674 g/mol. The van der Waals surface area contributed by atoms with Gasteiger partial charge in [0, 0.05) is 12.6 Å². The Bertz CT molecular complexity index is 1820. The van der Waals surface area contributed by atoms with Crippen molar-refractivity contribution in [3.05, 3.63) is 41.6 Å². The maximum atomic E-state index is 13.0. The predicted octanol–water partition coefficient (Wildman–Crippen LogP) is -1.68. The Balaban J connectivity index is 1.16. The van der Waals surface area contributed by atoms with Crippen molar-refractivity contribution < 1.29 is 57.3 Å². The van der Waals surface area contributed by atoms with E-state index in [1.54, 1.807) is 0 Å². The van der Waals surface area contributed by atoms with E-state index in [0.29, 0.717) is 0 Å². The molecule has 21 nitrogen and oxygen atoms in total. The number of aliphatic hydroxyl groups is 3. The molecule has 10 atom stereocenters. The van der Waals surface area contributed by atoms with Gasteiger partial charge in [-0.3, -0.25) is 23.0 Å². The van der Waals surface area contributed by atoms with Gasteiger partial charge in [-0.25, -0.2) is 24.5 Å². The van der Waals surface area contributed by atoms with E-state index in [0.717, 1.165) is 0 Å². The predicted molar refractivity (Wildman–Crippen MR) is 148 cm³/mol. The molecule has 2 unspecified atom stereocenters. The molecular weight excluding hydrogens is 646 g/mol. The number of phosphoric ester groups is 1. The number of fused-ring (bicyclic) bond motifs is 2. The van der Waals surface area contributed by atoms with Crippen molar-refractivity contribution >= 4 is 44.1 Å². The second kappa shape index (κ2) is 12.6. The highest BCUT2D eigenvalue weighted by molar-refractivity contribution is 7.47. The Labute approximate surface area is 251 Å². The smallest absolute Gasteiger partial charge is 0.394 e. The van der Waals surface area contributed by atoms with Crippen LogP contribution in [0.25, 0.3) is 22.2 Å². The maximum Gasteiger partial charge on any atom is 0.472 e. The molecule has 6 heterocycles. The summed E-state index contributed by atoms with van der Waals surface area (Å²) in [6, 6.07) is 1.50. The van der Waals surface area contributed by atoms with Crippen molar-refractivity contribution in [1.82, 2.24) is 34.1 Å².